The topological polar surface area (TPSA) is 32.6 Å². The summed E-state index contributed by atoms with van der Waals surface area (Å²) >= 11 is 3.70. The van der Waals surface area contributed by atoms with Gasteiger partial charge in [-0.3, -0.25) is 0 Å². The van der Waals surface area contributed by atoms with Crippen LogP contribution >= 0.6 is 15.9 Å². The summed E-state index contributed by atoms with van der Waals surface area (Å²) in [6.07, 6.45) is 3.52. The average Bonchev–Trinajstić information content (AvgIpc) is 2.39. The third kappa shape index (κ3) is 0.832. The van der Waals surface area contributed by atoms with Crippen LogP contribution in [0.25, 0.3) is 0 Å². The monoisotopic (exact) mass is 231 g/mol. The van der Waals surface area contributed by atoms with Crippen LogP contribution < -0.4 is 0 Å². The second-order valence-electron chi connectivity index (χ2n) is 4.58. The fourth-order valence-electron chi connectivity index (χ4n) is 2.82. The number of alkyl halides is 1. The molecule has 0 aromatic heterocycles. The number of fused-ring (bicyclic) bond motifs is 2. The van der Waals surface area contributed by atoms with Gasteiger partial charge in [-0.1, -0.05) is 34.9 Å². The summed E-state index contributed by atoms with van der Waals surface area (Å²) in [6, 6.07) is 0. The number of rotatable bonds is 0. The third-order valence-corrected chi connectivity index (χ3v) is 4.71. The molecule has 0 unspecified atom stereocenters. The van der Waals surface area contributed by atoms with E-state index in [1.807, 2.05) is 0 Å². The maximum Gasteiger partial charge on any atom is 0.0796 e. The molecule has 0 radical (unpaired) electrons. The van der Waals surface area contributed by atoms with E-state index in [0.717, 1.165) is 18.6 Å². The molecule has 2 rings (SSSR count). The van der Waals surface area contributed by atoms with Gasteiger partial charge in [0.1, 0.15) is 0 Å². The highest BCUT2D eigenvalue weighted by Crippen LogP contribution is 2.59. The molecule has 0 amide bonds. The Morgan fingerprint density at radius 1 is 1.58 bits per heavy atom. The van der Waals surface area contributed by atoms with E-state index in [4.69, 9.17) is 5.21 Å². The van der Waals surface area contributed by atoms with Crippen LogP contribution in [0.5, 0.6) is 0 Å². The molecule has 0 saturated heterocycles. The van der Waals surface area contributed by atoms with Crippen LogP contribution in [0.4, 0.5) is 0 Å². The van der Waals surface area contributed by atoms with E-state index in [9.17, 15) is 0 Å². The Balaban J connectivity index is 2.45. The summed E-state index contributed by atoms with van der Waals surface area (Å²) in [5.41, 5.74) is 1.04. The predicted octanol–water partition coefficient (Wildman–Crippen LogP) is 2.79. The van der Waals surface area contributed by atoms with Gasteiger partial charge in [0.25, 0.3) is 0 Å². The van der Waals surface area contributed by atoms with Gasteiger partial charge >= 0.3 is 0 Å². The summed E-state index contributed by atoms with van der Waals surface area (Å²) in [5, 5.41) is 12.4. The Labute approximate surface area is 81.2 Å². The highest BCUT2D eigenvalue weighted by atomic mass is 79.9. The zero-order chi connectivity index (χ0) is 8.98. The molecule has 2 fully saturated rings. The maximum atomic E-state index is 8.95. The first-order chi connectivity index (χ1) is 5.50. The van der Waals surface area contributed by atoms with Crippen molar-refractivity contribution in [2.24, 2.45) is 16.5 Å². The summed E-state index contributed by atoms with van der Waals surface area (Å²) in [7, 11) is 0. The van der Waals surface area contributed by atoms with Crippen LogP contribution in [0.15, 0.2) is 5.16 Å². The molecule has 1 N–H and O–H groups in total. The van der Waals surface area contributed by atoms with Crippen molar-refractivity contribution in [1.82, 2.24) is 0 Å². The van der Waals surface area contributed by atoms with E-state index in [1.54, 1.807) is 0 Å². The molecule has 0 aromatic carbocycles. The van der Waals surface area contributed by atoms with Gasteiger partial charge in [-0.15, -0.1) is 0 Å². The van der Waals surface area contributed by atoms with E-state index in [1.165, 1.54) is 6.42 Å². The molecule has 2 atom stereocenters. The van der Waals surface area contributed by atoms with E-state index in [-0.39, 0.29) is 9.74 Å². The number of hydrogen-bond acceptors (Lipinski definition) is 2. The van der Waals surface area contributed by atoms with Crippen molar-refractivity contribution in [2.75, 3.05) is 0 Å². The second kappa shape index (κ2) is 2.25. The maximum absolute atomic E-state index is 8.95. The average molecular weight is 232 g/mol. The molecule has 0 aromatic rings. The minimum atomic E-state index is 0.0237. The van der Waals surface area contributed by atoms with Gasteiger partial charge in [0.2, 0.25) is 0 Å². The van der Waals surface area contributed by atoms with Crippen molar-refractivity contribution in [3.8, 4) is 0 Å². The summed E-state index contributed by atoms with van der Waals surface area (Å²) in [6.45, 7) is 4.35. The van der Waals surface area contributed by atoms with Crippen molar-refractivity contribution >= 4 is 21.6 Å². The van der Waals surface area contributed by atoms with Gasteiger partial charge in [0.05, 0.1) is 10.0 Å². The molecule has 2 aliphatic carbocycles. The highest BCUT2D eigenvalue weighted by molar-refractivity contribution is 9.10. The fourth-order valence-corrected chi connectivity index (χ4v) is 4.03. The van der Waals surface area contributed by atoms with Crippen LogP contribution in [0.2, 0.25) is 0 Å². The zero-order valence-corrected chi connectivity index (χ0v) is 9.06. The molecule has 2 aliphatic rings. The lowest BCUT2D eigenvalue weighted by Gasteiger charge is -2.32. The van der Waals surface area contributed by atoms with Gasteiger partial charge in [-0.25, -0.2) is 0 Å². The Morgan fingerprint density at radius 3 is 2.58 bits per heavy atom. The minimum Gasteiger partial charge on any atom is -0.411 e. The quantitative estimate of drug-likeness (QED) is 0.388. The van der Waals surface area contributed by atoms with Crippen molar-refractivity contribution in [3.63, 3.8) is 0 Å². The smallest absolute Gasteiger partial charge is 0.0796 e. The van der Waals surface area contributed by atoms with Gasteiger partial charge in [-0.2, -0.15) is 0 Å². The highest BCUT2D eigenvalue weighted by Gasteiger charge is 2.59. The Hall–Kier alpha value is -0.0500. The first kappa shape index (κ1) is 8.54. The molecule has 2 bridgehead atoms. The van der Waals surface area contributed by atoms with Crippen molar-refractivity contribution in [3.05, 3.63) is 0 Å². The number of hydrogen-bond donors (Lipinski definition) is 1. The lowest BCUT2D eigenvalue weighted by molar-refractivity contribution is 0.286. The van der Waals surface area contributed by atoms with Gasteiger partial charge in [0.15, 0.2) is 0 Å². The summed E-state index contributed by atoms with van der Waals surface area (Å²) in [5.74, 6) is 0.697. The van der Waals surface area contributed by atoms with Crippen LogP contribution in [0, 0.1) is 11.3 Å². The Morgan fingerprint density at radius 2 is 2.25 bits per heavy atom. The summed E-state index contributed by atoms with van der Waals surface area (Å²) < 4.78 is 0.0237. The van der Waals surface area contributed by atoms with Gasteiger partial charge < -0.3 is 5.21 Å². The first-order valence-corrected chi connectivity index (χ1v) is 5.22. The predicted molar refractivity (Wildman–Crippen MR) is 52.0 cm³/mol. The van der Waals surface area contributed by atoms with Gasteiger partial charge in [0, 0.05) is 5.41 Å². The normalized spacial score (nSPS) is 47.2. The zero-order valence-electron chi connectivity index (χ0n) is 7.47. The lowest BCUT2D eigenvalue weighted by atomic mass is 9.75. The van der Waals surface area contributed by atoms with E-state index >= 15 is 0 Å². The van der Waals surface area contributed by atoms with Gasteiger partial charge in [-0.05, 0) is 25.2 Å². The number of nitrogens with zero attached hydrogens (tertiary/aromatic N) is 1. The lowest BCUT2D eigenvalue weighted by Crippen LogP contribution is -2.37. The second-order valence-corrected chi connectivity index (χ2v) is 6.09. The van der Waals surface area contributed by atoms with E-state index in [0.29, 0.717) is 5.92 Å². The molecular formula is C9H14BrNO. The largest absolute Gasteiger partial charge is 0.411 e. The van der Waals surface area contributed by atoms with Crippen molar-refractivity contribution in [2.45, 2.75) is 37.4 Å². The van der Waals surface area contributed by atoms with E-state index in [2.05, 4.69) is 34.9 Å². The molecular weight excluding hydrogens is 218 g/mol. The molecule has 12 heavy (non-hydrogen) atoms. The van der Waals surface area contributed by atoms with Crippen LogP contribution in [0.3, 0.4) is 0 Å². The number of halogens is 1. The van der Waals surface area contributed by atoms with Crippen molar-refractivity contribution in [1.29, 1.82) is 0 Å². The molecule has 0 aliphatic heterocycles. The Kier molecular flexibility index (Phi) is 1.60. The Bertz CT molecular complexity index is 242. The standard InChI is InChI=1S/C9H14BrNO/c1-8(2)6-3-4-9(10,5-6)7(8)11-12/h6,12H,3-5H2,1-2H3/b11-7+/t6-,9-/m1/s1. The molecule has 68 valence electrons. The molecule has 0 heterocycles. The first-order valence-electron chi connectivity index (χ1n) is 4.42. The third-order valence-electron chi connectivity index (χ3n) is 3.61. The van der Waals surface area contributed by atoms with Crippen molar-refractivity contribution < 1.29 is 5.21 Å². The van der Waals surface area contributed by atoms with Crippen LogP contribution in [-0.4, -0.2) is 15.2 Å². The SMILES string of the molecule is CC1(C)/C(=N\O)[C@@]2(Br)CC[C@@H]1C2. The number of oxime groups is 1. The molecule has 3 heteroatoms. The molecule has 2 saturated carbocycles. The fraction of sp³-hybridized carbons (Fsp3) is 0.889. The molecule has 0 spiro atoms. The molecule has 2 nitrogen and oxygen atoms in total. The van der Waals surface area contributed by atoms with Crippen LogP contribution in [-0.2, 0) is 0 Å². The van der Waals surface area contributed by atoms with E-state index < -0.39 is 0 Å². The summed E-state index contributed by atoms with van der Waals surface area (Å²) in [4.78, 5) is 0. The minimum absolute atomic E-state index is 0.0237. The van der Waals surface area contributed by atoms with Crippen LogP contribution in [0.1, 0.15) is 33.1 Å².